The van der Waals surface area contributed by atoms with Crippen LogP contribution in [0.1, 0.15) is 122 Å². The lowest BCUT2D eigenvalue weighted by molar-refractivity contribution is -0.140. The van der Waals surface area contributed by atoms with E-state index >= 15 is 0 Å². The monoisotopic (exact) mass is 490 g/mol. The Morgan fingerprint density at radius 1 is 0.778 bits per heavy atom. The molecule has 196 valence electrons. The molecule has 0 N–H and O–H groups in total. The summed E-state index contributed by atoms with van der Waals surface area (Å²) in [5, 5.41) is 0. The predicted molar refractivity (Wildman–Crippen MR) is 147 cm³/mol. The molecule has 1 aromatic heterocycles. The molecule has 0 saturated heterocycles. The Hall–Kier alpha value is -2.23. The summed E-state index contributed by atoms with van der Waals surface area (Å²) >= 11 is 0. The maximum absolute atomic E-state index is 12.7. The number of nitrogens with zero attached hydrogens (tertiary/aromatic N) is 2. The van der Waals surface area contributed by atoms with Crippen LogP contribution in [0.4, 0.5) is 0 Å². The highest BCUT2D eigenvalue weighted by molar-refractivity contribution is 5.75. The zero-order valence-corrected chi connectivity index (χ0v) is 22.6. The first kappa shape index (κ1) is 26.8. The summed E-state index contributed by atoms with van der Waals surface area (Å²) in [5.74, 6) is 3.64. The Balaban J connectivity index is 1.24. The molecular formula is C32H46N2O2. The van der Waals surface area contributed by atoms with Gasteiger partial charge in [0.15, 0.2) is 5.82 Å². The van der Waals surface area contributed by atoms with Crippen LogP contribution < -0.4 is 4.74 Å². The molecule has 0 amide bonds. The van der Waals surface area contributed by atoms with Gasteiger partial charge in [-0.3, -0.25) is 4.79 Å². The second-order valence-electron chi connectivity index (χ2n) is 11.4. The number of carbonyl (C=O) groups is 1. The van der Waals surface area contributed by atoms with E-state index in [2.05, 4.69) is 23.8 Å². The van der Waals surface area contributed by atoms with E-state index in [0.29, 0.717) is 11.7 Å². The molecule has 0 aliphatic heterocycles. The van der Waals surface area contributed by atoms with Gasteiger partial charge >= 0.3 is 5.97 Å². The van der Waals surface area contributed by atoms with Gasteiger partial charge in [-0.15, -0.1) is 0 Å². The van der Waals surface area contributed by atoms with Crippen LogP contribution >= 0.6 is 0 Å². The molecule has 0 unspecified atom stereocenters. The predicted octanol–water partition coefficient (Wildman–Crippen LogP) is 8.90. The van der Waals surface area contributed by atoms with Crippen molar-refractivity contribution in [2.75, 3.05) is 0 Å². The minimum absolute atomic E-state index is 0.0461. The van der Waals surface area contributed by atoms with Crippen molar-refractivity contribution in [3.8, 4) is 17.1 Å². The topological polar surface area (TPSA) is 52.1 Å². The van der Waals surface area contributed by atoms with Gasteiger partial charge in [-0.2, -0.15) is 0 Å². The zero-order chi connectivity index (χ0) is 25.2. The molecule has 36 heavy (non-hydrogen) atoms. The lowest BCUT2D eigenvalue weighted by atomic mass is 9.77. The van der Waals surface area contributed by atoms with E-state index in [4.69, 9.17) is 4.74 Å². The third kappa shape index (κ3) is 7.63. The van der Waals surface area contributed by atoms with E-state index in [9.17, 15) is 4.79 Å². The van der Waals surface area contributed by atoms with Crippen molar-refractivity contribution in [2.45, 2.75) is 116 Å². The third-order valence-electron chi connectivity index (χ3n) is 8.68. The van der Waals surface area contributed by atoms with E-state index in [1.54, 1.807) is 0 Å². The molecule has 2 aromatic rings. The SMILES string of the molecule is CCCCCC1CCC(c2cnc(-c3ccc(OC(=O)C4CCC(CCCC)CC4)cc3)nc2)CC1. The summed E-state index contributed by atoms with van der Waals surface area (Å²) in [6, 6.07) is 7.66. The quantitative estimate of drug-likeness (QED) is 0.179. The molecule has 0 spiro atoms. The largest absolute Gasteiger partial charge is 0.426 e. The molecule has 2 saturated carbocycles. The minimum atomic E-state index is -0.0719. The third-order valence-corrected chi connectivity index (χ3v) is 8.68. The van der Waals surface area contributed by atoms with E-state index in [1.165, 1.54) is 76.2 Å². The highest BCUT2D eigenvalue weighted by Gasteiger charge is 2.27. The summed E-state index contributed by atoms with van der Waals surface area (Å²) < 4.78 is 5.72. The molecule has 2 fully saturated rings. The number of ether oxygens (including phenoxy) is 1. The number of carbonyl (C=O) groups excluding carboxylic acids is 1. The van der Waals surface area contributed by atoms with Crippen molar-refractivity contribution in [3.63, 3.8) is 0 Å². The van der Waals surface area contributed by atoms with Gasteiger partial charge in [0.25, 0.3) is 0 Å². The van der Waals surface area contributed by atoms with Crippen LogP contribution in [0.2, 0.25) is 0 Å². The summed E-state index contributed by atoms with van der Waals surface area (Å²) in [6.07, 6.45) is 22.9. The van der Waals surface area contributed by atoms with Crippen LogP contribution in [-0.2, 0) is 4.79 Å². The second-order valence-corrected chi connectivity index (χ2v) is 11.4. The van der Waals surface area contributed by atoms with Crippen LogP contribution in [-0.4, -0.2) is 15.9 Å². The van der Waals surface area contributed by atoms with Crippen molar-refractivity contribution in [1.29, 1.82) is 0 Å². The van der Waals surface area contributed by atoms with E-state index in [1.807, 2.05) is 36.7 Å². The lowest BCUT2D eigenvalue weighted by Crippen LogP contribution is -2.25. The van der Waals surface area contributed by atoms with Crippen molar-refractivity contribution >= 4 is 5.97 Å². The maximum Gasteiger partial charge on any atom is 0.314 e. The van der Waals surface area contributed by atoms with E-state index in [-0.39, 0.29) is 11.9 Å². The number of unbranched alkanes of at least 4 members (excludes halogenated alkanes) is 3. The molecule has 1 aromatic carbocycles. The van der Waals surface area contributed by atoms with Crippen molar-refractivity contribution in [2.24, 2.45) is 17.8 Å². The molecule has 0 bridgehead atoms. The Bertz CT molecular complexity index is 908. The fourth-order valence-corrected chi connectivity index (χ4v) is 6.22. The van der Waals surface area contributed by atoms with Gasteiger partial charge < -0.3 is 4.74 Å². The van der Waals surface area contributed by atoms with Crippen LogP contribution in [0.3, 0.4) is 0 Å². The van der Waals surface area contributed by atoms with Crippen LogP contribution in [0, 0.1) is 17.8 Å². The smallest absolute Gasteiger partial charge is 0.314 e. The van der Waals surface area contributed by atoms with Gasteiger partial charge in [-0.25, -0.2) is 9.97 Å². The highest BCUT2D eigenvalue weighted by atomic mass is 16.5. The standard InChI is InChI=1S/C32H46N2O2/c1-3-5-7-9-25-10-14-26(15-11-25)29-22-33-31(34-23-29)27-18-20-30(21-19-27)36-32(35)28-16-12-24(13-17-28)8-6-4-2/h18-26,28H,3-17H2,1-2H3. The zero-order valence-electron chi connectivity index (χ0n) is 22.6. The van der Waals surface area contributed by atoms with Crippen molar-refractivity contribution in [3.05, 3.63) is 42.2 Å². The molecule has 4 heteroatoms. The van der Waals surface area contributed by atoms with Gasteiger partial charge in [0.1, 0.15) is 5.75 Å². The molecule has 2 aliphatic rings. The number of aromatic nitrogens is 2. The average Bonchev–Trinajstić information content (AvgIpc) is 2.93. The van der Waals surface area contributed by atoms with Crippen LogP contribution in [0.25, 0.3) is 11.4 Å². The molecule has 4 rings (SSSR count). The fourth-order valence-electron chi connectivity index (χ4n) is 6.22. The molecule has 2 aliphatic carbocycles. The first-order chi connectivity index (χ1) is 17.7. The van der Waals surface area contributed by atoms with Crippen molar-refractivity contribution < 1.29 is 9.53 Å². The lowest BCUT2D eigenvalue weighted by Gasteiger charge is -2.28. The van der Waals surface area contributed by atoms with Gasteiger partial charge in [0, 0.05) is 18.0 Å². The van der Waals surface area contributed by atoms with Gasteiger partial charge in [-0.1, -0.05) is 58.8 Å². The summed E-state index contributed by atoms with van der Waals surface area (Å²) in [4.78, 5) is 22.0. The number of esters is 1. The average molecular weight is 491 g/mol. The second kappa shape index (κ2) is 13.9. The first-order valence-electron chi connectivity index (χ1n) is 14.8. The normalized spacial score (nSPS) is 24.4. The van der Waals surface area contributed by atoms with Crippen molar-refractivity contribution in [1.82, 2.24) is 9.97 Å². The van der Waals surface area contributed by atoms with Gasteiger partial charge in [0.2, 0.25) is 0 Å². The Kier molecular flexibility index (Phi) is 10.4. The Morgan fingerprint density at radius 2 is 1.36 bits per heavy atom. The fraction of sp³-hybridized carbons (Fsp3) is 0.656. The Morgan fingerprint density at radius 3 is 1.97 bits per heavy atom. The van der Waals surface area contributed by atoms with Gasteiger partial charge in [-0.05, 0) is 98.9 Å². The molecular weight excluding hydrogens is 444 g/mol. The highest BCUT2D eigenvalue weighted by Crippen LogP contribution is 2.38. The molecule has 1 heterocycles. The van der Waals surface area contributed by atoms with Gasteiger partial charge in [0.05, 0.1) is 5.92 Å². The minimum Gasteiger partial charge on any atom is -0.426 e. The number of benzene rings is 1. The summed E-state index contributed by atoms with van der Waals surface area (Å²) in [5.41, 5.74) is 2.23. The molecule has 4 nitrogen and oxygen atoms in total. The summed E-state index contributed by atoms with van der Waals surface area (Å²) in [7, 11) is 0. The van der Waals surface area contributed by atoms with E-state index in [0.717, 1.165) is 48.9 Å². The van der Waals surface area contributed by atoms with Crippen LogP contribution in [0.15, 0.2) is 36.7 Å². The summed E-state index contributed by atoms with van der Waals surface area (Å²) in [6.45, 7) is 4.53. The van der Waals surface area contributed by atoms with E-state index < -0.39 is 0 Å². The number of rotatable bonds is 11. The first-order valence-corrected chi connectivity index (χ1v) is 14.8. The maximum atomic E-state index is 12.7. The molecule has 0 atom stereocenters. The Labute approximate surface area is 218 Å². The van der Waals surface area contributed by atoms with Crippen LogP contribution in [0.5, 0.6) is 5.75 Å². The number of hydrogen-bond acceptors (Lipinski definition) is 4. The molecule has 0 radical (unpaired) electrons. The number of hydrogen-bond donors (Lipinski definition) is 0.